The van der Waals surface area contributed by atoms with Gasteiger partial charge in [0.05, 0.1) is 0 Å². The smallest absolute Gasteiger partial charge is 0.124 e. The molecule has 0 aliphatic heterocycles. The molecule has 0 bridgehead atoms. The average molecular weight is 272 g/mol. The summed E-state index contributed by atoms with van der Waals surface area (Å²) in [5.41, 5.74) is 1.00. The SMILES string of the molecule is Fc1cc(Br)cc(CNCC2CCC2)c1. The van der Waals surface area contributed by atoms with Gasteiger partial charge in [0, 0.05) is 11.0 Å². The Morgan fingerprint density at radius 1 is 1.33 bits per heavy atom. The Morgan fingerprint density at radius 3 is 2.73 bits per heavy atom. The Balaban J connectivity index is 1.81. The molecule has 2 rings (SSSR count). The lowest BCUT2D eigenvalue weighted by atomic mass is 9.85. The summed E-state index contributed by atoms with van der Waals surface area (Å²) in [6.45, 7) is 1.82. The first-order valence-corrected chi connectivity index (χ1v) is 6.19. The highest BCUT2D eigenvalue weighted by Crippen LogP contribution is 2.25. The van der Waals surface area contributed by atoms with Gasteiger partial charge in [-0.05, 0) is 49.1 Å². The van der Waals surface area contributed by atoms with E-state index in [0.717, 1.165) is 29.0 Å². The second-order valence-electron chi connectivity index (χ2n) is 4.21. The van der Waals surface area contributed by atoms with E-state index in [-0.39, 0.29) is 5.82 Å². The van der Waals surface area contributed by atoms with Crippen LogP contribution in [0.2, 0.25) is 0 Å². The topological polar surface area (TPSA) is 12.0 Å². The van der Waals surface area contributed by atoms with Crippen molar-refractivity contribution < 1.29 is 4.39 Å². The zero-order valence-electron chi connectivity index (χ0n) is 8.60. The molecule has 1 saturated carbocycles. The maximum Gasteiger partial charge on any atom is 0.124 e. The normalized spacial score (nSPS) is 16.4. The van der Waals surface area contributed by atoms with Crippen LogP contribution in [0.4, 0.5) is 4.39 Å². The summed E-state index contributed by atoms with van der Waals surface area (Å²) in [5.74, 6) is 0.673. The van der Waals surface area contributed by atoms with Crippen LogP contribution >= 0.6 is 15.9 Å². The predicted octanol–water partition coefficient (Wildman–Crippen LogP) is 3.48. The third-order valence-electron chi connectivity index (χ3n) is 2.91. The molecule has 0 amide bonds. The number of hydrogen-bond acceptors (Lipinski definition) is 1. The Hall–Kier alpha value is -0.410. The zero-order chi connectivity index (χ0) is 10.7. The van der Waals surface area contributed by atoms with Crippen molar-refractivity contribution in [1.29, 1.82) is 0 Å². The molecule has 0 radical (unpaired) electrons. The predicted molar refractivity (Wildman–Crippen MR) is 63.1 cm³/mol. The van der Waals surface area contributed by atoms with Gasteiger partial charge in [0.2, 0.25) is 0 Å². The van der Waals surface area contributed by atoms with Crippen LogP contribution in [0, 0.1) is 11.7 Å². The molecule has 0 saturated heterocycles. The number of benzene rings is 1. The third kappa shape index (κ3) is 3.28. The van der Waals surface area contributed by atoms with E-state index in [1.165, 1.54) is 25.3 Å². The molecule has 3 heteroatoms. The van der Waals surface area contributed by atoms with Gasteiger partial charge in [0.1, 0.15) is 5.82 Å². The van der Waals surface area contributed by atoms with E-state index >= 15 is 0 Å². The van der Waals surface area contributed by atoms with Crippen molar-refractivity contribution in [3.05, 3.63) is 34.1 Å². The van der Waals surface area contributed by atoms with Gasteiger partial charge in [-0.25, -0.2) is 4.39 Å². The largest absolute Gasteiger partial charge is 0.312 e. The minimum Gasteiger partial charge on any atom is -0.312 e. The van der Waals surface area contributed by atoms with E-state index in [1.54, 1.807) is 6.07 Å². The Morgan fingerprint density at radius 2 is 2.13 bits per heavy atom. The molecule has 1 aliphatic rings. The van der Waals surface area contributed by atoms with Crippen molar-refractivity contribution in [3.63, 3.8) is 0 Å². The fourth-order valence-corrected chi connectivity index (χ4v) is 2.34. The minimum atomic E-state index is -0.176. The molecule has 1 fully saturated rings. The highest BCUT2D eigenvalue weighted by molar-refractivity contribution is 9.10. The van der Waals surface area contributed by atoms with Crippen molar-refractivity contribution in [3.8, 4) is 0 Å². The summed E-state index contributed by atoms with van der Waals surface area (Å²) in [6, 6.07) is 5.02. The van der Waals surface area contributed by atoms with Gasteiger partial charge in [-0.15, -0.1) is 0 Å². The molecule has 0 unspecified atom stereocenters. The first-order valence-electron chi connectivity index (χ1n) is 5.40. The molecule has 1 aromatic rings. The van der Waals surface area contributed by atoms with Crippen molar-refractivity contribution in [2.75, 3.05) is 6.54 Å². The van der Waals surface area contributed by atoms with Gasteiger partial charge >= 0.3 is 0 Å². The van der Waals surface area contributed by atoms with Crippen molar-refractivity contribution in [2.45, 2.75) is 25.8 Å². The van der Waals surface area contributed by atoms with E-state index in [0.29, 0.717) is 0 Å². The monoisotopic (exact) mass is 271 g/mol. The Kier molecular flexibility index (Phi) is 3.76. The summed E-state index contributed by atoms with van der Waals surface area (Å²) in [7, 11) is 0. The van der Waals surface area contributed by atoms with Crippen LogP contribution < -0.4 is 5.32 Å². The molecule has 0 spiro atoms. The molecule has 0 atom stereocenters. The lowest BCUT2D eigenvalue weighted by molar-refractivity contribution is 0.301. The fourth-order valence-electron chi connectivity index (χ4n) is 1.83. The second-order valence-corrected chi connectivity index (χ2v) is 5.12. The van der Waals surface area contributed by atoms with E-state index in [4.69, 9.17) is 0 Å². The molecule has 1 nitrogen and oxygen atoms in total. The first-order chi connectivity index (χ1) is 7.24. The second kappa shape index (κ2) is 5.08. The highest BCUT2D eigenvalue weighted by atomic mass is 79.9. The van der Waals surface area contributed by atoms with Crippen LogP contribution in [-0.2, 0) is 6.54 Å². The van der Waals surface area contributed by atoms with Crippen molar-refractivity contribution >= 4 is 15.9 Å². The van der Waals surface area contributed by atoms with Crippen LogP contribution in [0.1, 0.15) is 24.8 Å². The maximum atomic E-state index is 13.0. The molecule has 1 aromatic carbocycles. The lowest BCUT2D eigenvalue weighted by Crippen LogP contribution is -2.26. The summed E-state index contributed by atoms with van der Waals surface area (Å²) >= 11 is 3.29. The van der Waals surface area contributed by atoms with Crippen LogP contribution in [0.5, 0.6) is 0 Å². The number of hydrogen-bond donors (Lipinski definition) is 1. The number of nitrogens with one attached hydrogen (secondary N) is 1. The summed E-state index contributed by atoms with van der Waals surface area (Å²) < 4.78 is 13.8. The van der Waals surface area contributed by atoms with E-state index < -0.39 is 0 Å². The van der Waals surface area contributed by atoms with Gasteiger partial charge < -0.3 is 5.32 Å². The van der Waals surface area contributed by atoms with Crippen LogP contribution in [0.25, 0.3) is 0 Å². The third-order valence-corrected chi connectivity index (χ3v) is 3.37. The number of rotatable bonds is 4. The van der Waals surface area contributed by atoms with Gasteiger partial charge in [-0.1, -0.05) is 22.4 Å². The molecule has 0 aromatic heterocycles. The lowest BCUT2D eigenvalue weighted by Gasteiger charge is -2.25. The maximum absolute atomic E-state index is 13.0. The molecule has 15 heavy (non-hydrogen) atoms. The molecule has 82 valence electrons. The molecular formula is C12H15BrFN. The summed E-state index contributed by atoms with van der Waals surface area (Å²) in [6.07, 6.45) is 4.07. The standard InChI is InChI=1S/C12H15BrFN/c13-11-4-10(5-12(14)6-11)8-15-7-9-2-1-3-9/h4-6,9,15H,1-3,7-8H2. The van der Waals surface area contributed by atoms with Gasteiger partial charge in [-0.2, -0.15) is 0 Å². The summed E-state index contributed by atoms with van der Waals surface area (Å²) in [5, 5.41) is 3.37. The number of halogens is 2. The van der Waals surface area contributed by atoms with E-state index in [2.05, 4.69) is 21.2 Å². The van der Waals surface area contributed by atoms with Gasteiger partial charge in [0.25, 0.3) is 0 Å². The van der Waals surface area contributed by atoms with Crippen LogP contribution in [-0.4, -0.2) is 6.54 Å². The van der Waals surface area contributed by atoms with E-state index in [1.807, 2.05) is 6.07 Å². The van der Waals surface area contributed by atoms with Crippen molar-refractivity contribution in [1.82, 2.24) is 5.32 Å². The minimum absolute atomic E-state index is 0.176. The van der Waals surface area contributed by atoms with Crippen molar-refractivity contribution in [2.24, 2.45) is 5.92 Å². The molecule has 1 aliphatic carbocycles. The quantitative estimate of drug-likeness (QED) is 0.884. The average Bonchev–Trinajstić information content (AvgIpc) is 2.07. The van der Waals surface area contributed by atoms with Crippen LogP contribution in [0.15, 0.2) is 22.7 Å². The Bertz CT molecular complexity index is 316. The highest BCUT2D eigenvalue weighted by Gasteiger charge is 2.16. The van der Waals surface area contributed by atoms with Crippen LogP contribution in [0.3, 0.4) is 0 Å². The van der Waals surface area contributed by atoms with Gasteiger partial charge in [-0.3, -0.25) is 0 Å². The zero-order valence-corrected chi connectivity index (χ0v) is 10.2. The Labute approximate surface area is 98.2 Å². The first kappa shape index (κ1) is 11.1. The van der Waals surface area contributed by atoms with Gasteiger partial charge in [0.15, 0.2) is 0 Å². The summed E-state index contributed by atoms with van der Waals surface area (Å²) in [4.78, 5) is 0. The fraction of sp³-hybridized carbons (Fsp3) is 0.500. The molecular weight excluding hydrogens is 257 g/mol. The van der Waals surface area contributed by atoms with E-state index in [9.17, 15) is 4.39 Å². The molecule has 0 heterocycles. The molecule has 1 N–H and O–H groups in total.